The van der Waals surface area contributed by atoms with Gasteiger partial charge >= 0.3 is 0 Å². The minimum atomic E-state index is -0.198. The number of piperazine rings is 1. The lowest BCUT2D eigenvalue weighted by atomic mass is 9.87. The van der Waals surface area contributed by atoms with Crippen molar-refractivity contribution in [2.45, 2.75) is 37.8 Å². The van der Waals surface area contributed by atoms with Crippen LogP contribution in [0.25, 0.3) is 0 Å². The average molecular weight is 197 g/mol. The predicted molar refractivity (Wildman–Crippen MR) is 54.8 cm³/mol. The van der Waals surface area contributed by atoms with Crippen molar-refractivity contribution in [3.8, 4) is 0 Å². The molecule has 0 aromatic carbocycles. The minimum absolute atomic E-state index is 0.198. The zero-order valence-electron chi connectivity index (χ0n) is 8.54. The van der Waals surface area contributed by atoms with Crippen molar-refractivity contribution in [1.29, 1.82) is 0 Å². The van der Waals surface area contributed by atoms with Gasteiger partial charge in [-0.05, 0) is 12.8 Å². The van der Waals surface area contributed by atoms with Gasteiger partial charge in [-0.25, -0.2) is 0 Å². The van der Waals surface area contributed by atoms with Crippen LogP contribution in [0.4, 0.5) is 0 Å². The highest BCUT2D eigenvalue weighted by molar-refractivity contribution is 5.76. The SMILES string of the molecule is NC(=O)CN1CCNC2CCCCC21. The highest BCUT2D eigenvalue weighted by Crippen LogP contribution is 2.24. The van der Waals surface area contributed by atoms with E-state index in [1.54, 1.807) is 0 Å². The van der Waals surface area contributed by atoms with Gasteiger partial charge in [-0.2, -0.15) is 0 Å². The first kappa shape index (κ1) is 9.93. The molecular weight excluding hydrogens is 178 g/mol. The largest absolute Gasteiger partial charge is 0.369 e. The summed E-state index contributed by atoms with van der Waals surface area (Å²) in [5.41, 5.74) is 5.24. The molecule has 2 aliphatic rings. The Kier molecular flexibility index (Phi) is 3.03. The molecule has 0 spiro atoms. The molecule has 0 aromatic heterocycles. The van der Waals surface area contributed by atoms with Crippen LogP contribution in [0.3, 0.4) is 0 Å². The first-order valence-corrected chi connectivity index (χ1v) is 5.53. The number of nitrogens with one attached hydrogen (secondary N) is 1. The molecule has 4 nitrogen and oxygen atoms in total. The number of carbonyl (C=O) groups is 1. The fourth-order valence-corrected chi connectivity index (χ4v) is 2.74. The molecule has 0 radical (unpaired) electrons. The molecule has 1 amide bonds. The lowest BCUT2D eigenvalue weighted by Crippen LogP contribution is -2.60. The molecule has 0 aromatic rings. The van der Waals surface area contributed by atoms with Gasteiger partial charge in [0.25, 0.3) is 0 Å². The van der Waals surface area contributed by atoms with Crippen LogP contribution in [0.1, 0.15) is 25.7 Å². The lowest BCUT2D eigenvalue weighted by molar-refractivity contribution is -0.120. The number of nitrogens with zero attached hydrogens (tertiary/aromatic N) is 1. The van der Waals surface area contributed by atoms with Crippen molar-refractivity contribution in [1.82, 2.24) is 10.2 Å². The van der Waals surface area contributed by atoms with E-state index < -0.39 is 0 Å². The molecule has 4 heteroatoms. The molecule has 2 atom stereocenters. The third-order valence-corrected chi connectivity index (χ3v) is 3.36. The second-order valence-electron chi connectivity index (χ2n) is 4.35. The maximum Gasteiger partial charge on any atom is 0.231 e. The number of amides is 1. The Morgan fingerprint density at radius 3 is 3.00 bits per heavy atom. The van der Waals surface area contributed by atoms with Crippen molar-refractivity contribution in [3.63, 3.8) is 0 Å². The zero-order valence-corrected chi connectivity index (χ0v) is 8.54. The Morgan fingerprint density at radius 2 is 2.21 bits per heavy atom. The van der Waals surface area contributed by atoms with Crippen LogP contribution in [0.15, 0.2) is 0 Å². The summed E-state index contributed by atoms with van der Waals surface area (Å²) < 4.78 is 0. The maximum absolute atomic E-state index is 10.9. The van der Waals surface area contributed by atoms with E-state index in [2.05, 4.69) is 10.2 Å². The van der Waals surface area contributed by atoms with Gasteiger partial charge in [-0.15, -0.1) is 0 Å². The third kappa shape index (κ3) is 2.07. The van der Waals surface area contributed by atoms with Gasteiger partial charge in [0.05, 0.1) is 6.54 Å². The number of carbonyl (C=O) groups excluding carboxylic acids is 1. The van der Waals surface area contributed by atoms with Gasteiger partial charge in [0.2, 0.25) is 5.91 Å². The Bertz CT molecular complexity index is 217. The van der Waals surface area contributed by atoms with Crippen molar-refractivity contribution in [3.05, 3.63) is 0 Å². The van der Waals surface area contributed by atoms with E-state index in [-0.39, 0.29) is 5.91 Å². The second kappa shape index (κ2) is 4.28. The number of hydrogen-bond acceptors (Lipinski definition) is 3. The van der Waals surface area contributed by atoms with E-state index >= 15 is 0 Å². The van der Waals surface area contributed by atoms with E-state index in [4.69, 9.17) is 5.73 Å². The molecule has 1 saturated heterocycles. The number of rotatable bonds is 2. The fraction of sp³-hybridized carbons (Fsp3) is 0.900. The van der Waals surface area contributed by atoms with Crippen molar-refractivity contribution >= 4 is 5.91 Å². The number of fused-ring (bicyclic) bond motifs is 1. The van der Waals surface area contributed by atoms with Gasteiger partial charge in [0, 0.05) is 25.2 Å². The summed E-state index contributed by atoms with van der Waals surface area (Å²) in [5, 5.41) is 3.53. The molecule has 2 rings (SSSR count). The summed E-state index contributed by atoms with van der Waals surface area (Å²) in [6.07, 6.45) is 5.07. The van der Waals surface area contributed by atoms with E-state index in [9.17, 15) is 4.79 Å². The van der Waals surface area contributed by atoms with Gasteiger partial charge in [0.1, 0.15) is 0 Å². The molecule has 80 valence electrons. The van der Waals surface area contributed by atoms with Crippen LogP contribution in [-0.2, 0) is 4.79 Å². The zero-order chi connectivity index (χ0) is 9.97. The quantitative estimate of drug-likeness (QED) is 0.638. The number of primary amides is 1. The number of nitrogens with two attached hydrogens (primary N) is 1. The van der Waals surface area contributed by atoms with Gasteiger partial charge in [-0.3, -0.25) is 9.69 Å². The van der Waals surface area contributed by atoms with Crippen LogP contribution in [0.2, 0.25) is 0 Å². The Balaban J connectivity index is 1.97. The standard InChI is InChI=1S/C10H19N3O/c11-10(14)7-13-6-5-12-8-3-1-2-4-9(8)13/h8-9,12H,1-7H2,(H2,11,14). The van der Waals surface area contributed by atoms with Crippen molar-refractivity contribution < 1.29 is 4.79 Å². The van der Waals surface area contributed by atoms with E-state index in [0.717, 1.165) is 13.1 Å². The van der Waals surface area contributed by atoms with Crippen molar-refractivity contribution in [2.24, 2.45) is 5.73 Å². The van der Waals surface area contributed by atoms with Gasteiger partial charge in [-0.1, -0.05) is 12.8 Å². The summed E-state index contributed by atoms with van der Waals surface area (Å²) in [5.74, 6) is -0.198. The van der Waals surface area contributed by atoms with Gasteiger partial charge in [0.15, 0.2) is 0 Å². The first-order chi connectivity index (χ1) is 6.77. The summed E-state index contributed by atoms with van der Waals surface area (Å²) in [4.78, 5) is 13.2. The summed E-state index contributed by atoms with van der Waals surface area (Å²) in [6.45, 7) is 2.39. The van der Waals surface area contributed by atoms with Crippen LogP contribution in [0, 0.1) is 0 Å². The third-order valence-electron chi connectivity index (χ3n) is 3.36. The molecule has 2 fully saturated rings. The maximum atomic E-state index is 10.9. The van der Waals surface area contributed by atoms with Gasteiger partial charge < -0.3 is 11.1 Å². The second-order valence-corrected chi connectivity index (χ2v) is 4.35. The van der Waals surface area contributed by atoms with E-state index in [0.29, 0.717) is 18.6 Å². The summed E-state index contributed by atoms with van der Waals surface area (Å²) in [6, 6.07) is 1.14. The molecule has 1 aliphatic heterocycles. The van der Waals surface area contributed by atoms with E-state index in [1.165, 1.54) is 25.7 Å². The lowest BCUT2D eigenvalue weighted by Gasteiger charge is -2.44. The summed E-state index contributed by atoms with van der Waals surface area (Å²) in [7, 11) is 0. The monoisotopic (exact) mass is 197 g/mol. The number of hydrogen-bond donors (Lipinski definition) is 2. The van der Waals surface area contributed by atoms with Crippen LogP contribution in [-0.4, -0.2) is 42.5 Å². The Labute approximate surface area is 84.8 Å². The Morgan fingerprint density at radius 1 is 1.43 bits per heavy atom. The highest BCUT2D eigenvalue weighted by atomic mass is 16.1. The summed E-state index contributed by atoms with van der Waals surface area (Å²) >= 11 is 0. The van der Waals surface area contributed by atoms with E-state index in [1.807, 2.05) is 0 Å². The molecular formula is C10H19N3O. The fourth-order valence-electron chi connectivity index (χ4n) is 2.74. The smallest absolute Gasteiger partial charge is 0.231 e. The highest BCUT2D eigenvalue weighted by Gasteiger charge is 2.33. The van der Waals surface area contributed by atoms with Crippen LogP contribution < -0.4 is 11.1 Å². The molecule has 3 N–H and O–H groups in total. The normalized spacial score (nSPS) is 33.7. The predicted octanol–water partition coefficient (Wildman–Crippen LogP) is -0.312. The minimum Gasteiger partial charge on any atom is -0.369 e. The molecule has 2 unspecified atom stereocenters. The average Bonchev–Trinajstić information content (AvgIpc) is 2.18. The molecule has 14 heavy (non-hydrogen) atoms. The first-order valence-electron chi connectivity index (χ1n) is 5.53. The topological polar surface area (TPSA) is 58.4 Å². The van der Waals surface area contributed by atoms with Crippen molar-refractivity contribution in [2.75, 3.05) is 19.6 Å². The van der Waals surface area contributed by atoms with Crippen LogP contribution >= 0.6 is 0 Å². The molecule has 1 heterocycles. The molecule has 1 saturated carbocycles. The molecule has 0 bridgehead atoms. The van der Waals surface area contributed by atoms with Crippen LogP contribution in [0.5, 0.6) is 0 Å². The Hall–Kier alpha value is -0.610. The molecule has 1 aliphatic carbocycles.